The Kier molecular flexibility index (Phi) is 8.30. The topological polar surface area (TPSA) is 9.86 Å². The lowest BCUT2D eigenvalue weighted by atomic mass is 10.0. The molecule has 0 unspecified atom stereocenters. The Balaban J connectivity index is 0.000000431. The normalized spacial score (nSPS) is 11.6. The molecule has 2 aromatic heterocycles. The molecule has 0 saturated heterocycles. The van der Waals surface area contributed by atoms with Gasteiger partial charge in [-0.15, -0.1) is 0 Å². The van der Waals surface area contributed by atoms with Crippen LogP contribution in [0.3, 0.4) is 0 Å². The summed E-state index contributed by atoms with van der Waals surface area (Å²) in [6, 6.07) is 26.1. The Morgan fingerprint density at radius 3 is 1.88 bits per heavy atom. The second-order valence-corrected chi connectivity index (χ2v) is 9.78. The maximum atomic E-state index is 13.8. The number of allylic oxidation sites excluding steroid dienone is 5. The van der Waals surface area contributed by atoms with Crippen LogP contribution in [0.5, 0.6) is 0 Å². The summed E-state index contributed by atoms with van der Waals surface area (Å²) in [6.07, 6.45) is 11.3. The van der Waals surface area contributed by atoms with Crippen LogP contribution in [-0.4, -0.2) is 9.13 Å². The van der Waals surface area contributed by atoms with Gasteiger partial charge in [-0.1, -0.05) is 75.1 Å². The number of nitrogens with zero attached hydrogens (tertiary/aromatic N) is 2. The second-order valence-electron chi connectivity index (χ2n) is 9.78. The molecular formula is C37H34F2N2. The van der Waals surface area contributed by atoms with Gasteiger partial charge in [0.05, 0.1) is 16.6 Å². The van der Waals surface area contributed by atoms with Crippen LogP contribution >= 0.6 is 0 Å². The van der Waals surface area contributed by atoms with Crippen molar-refractivity contribution in [1.82, 2.24) is 9.13 Å². The minimum atomic E-state index is -0.253. The van der Waals surface area contributed by atoms with Crippen molar-refractivity contribution in [3.05, 3.63) is 145 Å². The zero-order valence-electron chi connectivity index (χ0n) is 23.7. The lowest BCUT2D eigenvalue weighted by molar-refractivity contribution is 0.627. The van der Waals surface area contributed by atoms with Gasteiger partial charge < -0.3 is 9.13 Å². The fourth-order valence-corrected chi connectivity index (χ4v) is 5.71. The van der Waals surface area contributed by atoms with E-state index in [-0.39, 0.29) is 11.6 Å². The molecule has 0 aliphatic rings. The maximum absolute atomic E-state index is 13.8. The van der Waals surface area contributed by atoms with E-state index in [1.54, 1.807) is 6.08 Å². The Hall–Kier alpha value is -4.70. The van der Waals surface area contributed by atoms with Gasteiger partial charge in [-0.3, -0.25) is 0 Å². The number of para-hydroxylation sites is 1. The summed E-state index contributed by atoms with van der Waals surface area (Å²) in [7, 11) is 0. The number of halogens is 2. The van der Waals surface area contributed by atoms with E-state index in [9.17, 15) is 8.78 Å². The smallest absolute Gasteiger partial charge is 0.123 e. The molecule has 0 aliphatic carbocycles. The maximum Gasteiger partial charge on any atom is 0.123 e. The van der Waals surface area contributed by atoms with Crippen LogP contribution in [0.25, 0.3) is 44.1 Å². The number of aryl methyl sites for hydroxylation is 1. The monoisotopic (exact) mass is 544 g/mol. The average Bonchev–Trinajstić information content (AvgIpc) is 3.51. The minimum absolute atomic E-state index is 0.243. The molecule has 41 heavy (non-hydrogen) atoms. The highest BCUT2D eigenvalue weighted by atomic mass is 19.1. The number of aromatic nitrogens is 2. The molecule has 2 nitrogen and oxygen atoms in total. The lowest BCUT2D eigenvalue weighted by Crippen LogP contribution is -2.01. The fourth-order valence-electron chi connectivity index (χ4n) is 5.71. The summed E-state index contributed by atoms with van der Waals surface area (Å²) < 4.78 is 32.0. The molecule has 0 amide bonds. The molecule has 0 fully saturated rings. The van der Waals surface area contributed by atoms with Crippen LogP contribution in [0.1, 0.15) is 32.0 Å². The summed E-state index contributed by atoms with van der Waals surface area (Å²) in [4.78, 5) is 0. The van der Waals surface area contributed by atoms with Gasteiger partial charge in [0.15, 0.2) is 0 Å². The molecule has 0 bridgehead atoms. The second kappa shape index (κ2) is 12.2. The van der Waals surface area contributed by atoms with E-state index in [4.69, 9.17) is 0 Å². The summed E-state index contributed by atoms with van der Waals surface area (Å²) in [5.74, 6) is -0.496. The largest absolute Gasteiger partial charge is 0.313 e. The van der Waals surface area contributed by atoms with Crippen molar-refractivity contribution in [3.8, 4) is 11.4 Å². The van der Waals surface area contributed by atoms with Crippen molar-refractivity contribution >= 4 is 32.7 Å². The van der Waals surface area contributed by atoms with Gasteiger partial charge in [0.25, 0.3) is 0 Å². The number of hydrogen-bond donors (Lipinski definition) is 0. The highest BCUT2D eigenvalue weighted by Gasteiger charge is 2.22. The molecule has 0 N–H and O–H groups in total. The van der Waals surface area contributed by atoms with Gasteiger partial charge in [0, 0.05) is 33.2 Å². The van der Waals surface area contributed by atoms with E-state index in [0.717, 1.165) is 51.5 Å². The number of rotatable bonds is 6. The van der Waals surface area contributed by atoms with E-state index in [1.807, 2.05) is 61.6 Å². The summed E-state index contributed by atoms with van der Waals surface area (Å²) in [5.41, 5.74) is 7.70. The van der Waals surface area contributed by atoms with Crippen molar-refractivity contribution in [2.24, 2.45) is 0 Å². The molecule has 4 aromatic carbocycles. The van der Waals surface area contributed by atoms with Gasteiger partial charge in [-0.2, -0.15) is 0 Å². The predicted molar refractivity (Wildman–Crippen MR) is 170 cm³/mol. The molecule has 0 saturated carbocycles. The molecular weight excluding hydrogens is 510 g/mol. The molecule has 0 radical (unpaired) electrons. The summed E-state index contributed by atoms with van der Waals surface area (Å²) in [6.45, 7) is 9.85. The van der Waals surface area contributed by atoms with E-state index in [0.29, 0.717) is 0 Å². The van der Waals surface area contributed by atoms with Gasteiger partial charge in [-0.05, 0) is 86.0 Å². The van der Waals surface area contributed by atoms with Crippen molar-refractivity contribution in [2.45, 2.75) is 33.6 Å². The first-order chi connectivity index (χ1) is 20.0. The Bertz CT molecular complexity index is 1880. The highest BCUT2D eigenvalue weighted by Crippen LogP contribution is 2.41. The molecule has 0 aliphatic heterocycles. The van der Waals surface area contributed by atoms with Gasteiger partial charge >= 0.3 is 0 Å². The van der Waals surface area contributed by atoms with Crippen LogP contribution in [-0.2, 0) is 12.8 Å². The molecule has 6 rings (SSSR count). The molecule has 0 atom stereocenters. The average molecular weight is 545 g/mol. The lowest BCUT2D eigenvalue weighted by Gasteiger charge is -2.12. The van der Waals surface area contributed by atoms with Gasteiger partial charge in [0.1, 0.15) is 11.6 Å². The van der Waals surface area contributed by atoms with Crippen LogP contribution in [0.4, 0.5) is 8.78 Å². The summed E-state index contributed by atoms with van der Waals surface area (Å²) in [5, 5.41) is 3.51. The first-order valence-corrected chi connectivity index (χ1v) is 14.0. The third-order valence-corrected chi connectivity index (χ3v) is 7.39. The SMILES string of the molecule is C=C/C=C\C=C/C.CCc1c(CC)n(-c2ccc(F)cc2)c2c1ccc1c2c2ccccc2n1-c1ccc(F)cc1. The van der Waals surface area contributed by atoms with E-state index in [1.165, 1.54) is 40.9 Å². The van der Waals surface area contributed by atoms with Crippen molar-refractivity contribution in [3.63, 3.8) is 0 Å². The van der Waals surface area contributed by atoms with Gasteiger partial charge in [0.2, 0.25) is 0 Å². The number of hydrogen-bond acceptors (Lipinski definition) is 0. The van der Waals surface area contributed by atoms with Crippen molar-refractivity contribution in [2.75, 3.05) is 0 Å². The van der Waals surface area contributed by atoms with Gasteiger partial charge in [-0.25, -0.2) is 8.78 Å². The number of fused-ring (bicyclic) bond motifs is 5. The first kappa shape index (κ1) is 27.9. The predicted octanol–water partition coefficient (Wildman–Crippen LogP) is 10.4. The molecule has 4 heteroatoms. The third kappa shape index (κ3) is 5.14. The third-order valence-electron chi connectivity index (χ3n) is 7.39. The van der Waals surface area contributed by atoms with Crippen LogP contribution < -0.4 is 0 Å². The number of benzene rings is 4. The van der Waals surface area contributed by atoms with Crippen LogP contribution in [0, 0.1) is 11.6 Å². The zero-order chi connectivity index (χ0) is 28.9. The highest BCUT2D eigenvalue weighted by molar-refractivity contribution is 6.21. The molecule has 6 aromatic rings. The van der Waals surface area contributed by atoms with E-state index < -0.39 is 0 Å². The Morgan fingerprint density at radius 2 is 1.29 bits per heavy atom. The Labute approximate surface area is 240 Å². The molecule has 206 valence electrons. The standard InChI is InChI=1S/C30H24F2N2.C7H10/c1-3-23-24-17-18-28-29(30(24)34(26(23)4-2)22-15-11-20(32)12-16-22)25-7-5-6-8-27(25)33(28)21-13-9-19(31)10-14-21;1-3-5-7-6-4-2/h5-18H,3-4H2,1-2H3;3-7H,1H2,2H3/b;6-4-,7-5-. The fraction of sp³-hybridized carbons (Fsp3) is 0.135. The van der Waals surface area contributed by atoms with Crippen molar-refractivity contribution < 1.29 is 8.78 Å². The van der Waals surface area contributed by atoms with Crippen molar-refractivity contribution in [1.29, 1.82) is 0 Å². The van der Waals surface area contributed by atoms with Crippen LogP contribution in [0.15, 0.2) is 122 Å². The minimum Gasteiger partial charge on any atom is -0.313 e. The van der Waals surface area contributed by atoms with Crippen LogP contribution in [0.2, 0.25) is 0 Å². The first-order valence-electron chi connectivity index (χ1n) is 14.0. The van der Waals surface area contributed by atoms with E-state index >= 15 is 0 Å². The molecule has 2 heterocycles. The summed E-state index contributed by atoms with van der Waals surface area (Å²) >= 11 is 0. The zero-order valence-corrected chi connectivity index (χ0v) is 23.7. The molecule has 0 spiro atoms. The van der Waals surface area contributed by atoms with E-state index in [2.05, 4.69) is 59.9 Å². The quantitative estimate of drug-likeness (QED) is 0.185. The Morgan fingerprint density at radius 1 is 0.659 bits per heavy atom.